The molecule has 0 bridgehead atoms. The lowest BCUT2D eigenvalue weighted by Gasteiger charge is -2.04. The van der Waals surface area contributed by atoms with Crippen LogP contribution >= 0.6 is 11.6 Å². The van der Waals surface area contributed by atoms with Gasteiger partial charge in [0.25, 0.3) is 0 Å². The van der Waals surface area contributed by atoms with E-state index in [1.807, 2.05) is 19.9 Å². The molecule has 7 heteroatoms. The molecule has 0 heterocycles. The number of carbonyl (C=O) groups excluding carboxylic acids is 2. The minimum absolute atomic E-state index is 0.177. The van der Waals surface area contributed by atoms with Crippen molar-refractivity contribution >= 4 is 23.4 Å². The Morgan fingerprint density at radius 2 is 1.78 bits per heavy atom. The zero-order valence-corrected chi connectivity index (χ0v) is 17.0. The van der Waals surface area contributed by atoms with Crippen LogP contribution in [0.2, 0.25) is 0 Å². The molecule has 0 aromatic rings. The highest BCUT2D eigenvalue weighted by Crippen LogP contribution is 1.99. The van der Waals surface area contributed by atoms with E-state index in [1.54, 1.807) is 29.8 Å². The highest BCUT2D eigenvalue weighted by atomic mass is 35.5. The molecule has 2 amide bonds. The first-order chi connectivity index (χ1) is 12.9. The third kappa shape index (κ3) is 21.6. The van der Waals surface area contributed by atoms with Gasteiger partial charge in [-0.1, -0.05) is 42.8 Å². The summed E-state index contributed by atoms with van der Waals surface area (Å²) in [5.74, 6) is -0.566. The van der Waals surface area contributed by atoms with Crippen molar-refractivity contribution in [2.24, 2.45) is 0 Å². The number of rotatable bonds is 12. The minimum Gasteiger partial charge on any atom is -0.382 e. The lowest BCUT2D eigenvalue weighted by molar-refractivity contribution is -0.129. The average molecular weight is 398 g/mol. The molecule has 0 saturated heterocycles. The first-order valence-electron chi connectivity index (χ1n) is 8.75. The quantitative estimate of drug-likeness (QED) is 0.101. The van der Waals surface area contributed by atoms with Crippen LogP contribution in [-0.2, 0) is 9.59 Å². The van der Waals surface area contributed by atoms with Gasteiger partial charge < -0.3 is 10.6 Å². The molecule has 0 unspecified atom stereocenters. The van der Waals surface area contributed by atoms with Gasteiger partial charge in [0.15, 0.2) is 0 Å². The molecule has 0 saturated carbocycles. The Balaban J connectivity index is 0. The largest absolute Gasteiger partial charge is 0.382 e. The van der Waals surface area contributed by atoms with Crippen LogP contribution in [0.15, 0.2) is 60.3 Å². The second kappa shape index (κ2) is 20.0. The molecule has 152 valence electrons. The van der Waals surface area contributed by atoms with E-state index in [0.29, 0.717) is 19.5 Å². The lowest BCUT2D eigenvalue weighted by Crippen LogP contribution is -2.22. The Kier molecular flexibility index (Phi) is 19.9. The Hall–Kier alpha value is -2.31. The topological polar surface area (TPSA) is 90.5 Å². The maximum absolute atomic E-state index is 11.6. The van der Waals surface area contributed by atoms with E-state index in [1.165, 1.54) is 6.08 Å². The molecule has 0 radical (unpaired) electrons. The fourth-order valence-electron chi connectivity index (χ4n) is 1.57. The highest BCUT2D eigenvalue weighted by Gasteiger charge is 1.99. The molecule has 6 nitrogen and oxygen atoms in total. The van der Waals surface area contributed by atoms with Gasteiger partial charge in [-0.15, -0.1) is 6.58 Å². The zero-order valence-electron chi connectivity index (χ0n) is 16.3. The Morgan fingerprint density at radius 3 is 2.30 bits per heavy atom. The lowest BCUT2D eigenvalue weighted by atomic mass is 10.2. The summed E-state index contributed by atoms with van der Waals surface area (Å²) in [6.45, 7) is 12.1. The van der Waals surface area contributed by atoms with E-state index in [-0.39, 0.29) is 18.2 Å². The number of hydrogen-bond acceptors (Lipinski definition) is 4. The van der Waals surface area contributed by atoms with Gasteiger partial charge in [-0.2, -0.15) is 0 Å². The number of hydrogen-bond donors (Lipinski definition) is 4. The fraction of sp³-hybridized carbons (Fsp3) is 0.400. The van der Waals surface area contributed by atoms with Crippen LogP contribution in [0.3, 0.4) is 0 Å². The third-order valence-corrected chi connectivity index (χ3v) is 3.28. The molecule has 0 aromatic carbocycles. The van der Waals surface area contributed by atoms with E-state index in [4.69, 9.17) is 16.8 Å². The molecule has 27 heavy (non-hydrogen) atoms. The van der Waals surface area contributed by atoms with Gasteiger partial charge in [0.2, 0.25) is 11.8 Å². The maximum Gasteiger partial charge on any atom is 0.244 e. The van der Waals surface area contributed by atoms with Crippen LogP contribution in [0.25, 0.3) is 0 Å². The van der Waals surface area contributed by atoms with E-state index in [2.05, 4.69) is 23.8 Å². The summed E-state index contributed by atoms with van der Waals surface area (Å²) in [5.41, 5.74) is 2.36. The third-order valence-electron chi connectivity index (χ3n) is 3.06. The number of amides is 2. The molecule has 0 aliphatic carbocycles. The summed E-state index contributed by atoms with van der Waals surface area (Å²) < 4.78 is 0. The Morgan fingerprint density at radius 1 is 1.11 bits per heavy atom. The number of carbonyl (C=O) groups is 2. The second-order valence-electron chi connectivity index (χ2n) is 5.37. The summed E-state index contributed by atoms with van der Waals surface area (Å²) >= 11 is 5.32. The SMILES string of the molecule is C/C=C(\C)Cl.C=C/C=C(/C=C/C(=O)NCCCCCC(=O)NO)NCC=C. The van der Waals surface area contributed by atoms with Crippen molar-refractivity contribution in [2.45, 2.75) is 39.5 Å². The normalized spacial score (nSPS) is 11.3. The summed E-state index contributed by atoms with van der Waals surface area (Å²) in [6, 6.07) is 0. The van der Waals surface area contributed by atoms with E-state index in [0.717, 1.165) is 23.6 Å². The average Bonchev–Trinajstić information content (AvgIpc) is 2.66. The zero-order chi connectivity index (χ0) is 20.9. The molecular weight excluding hydrogens is 366 g/mol. The van der Waals surface area contributed by atoms with Crippen molar-refractivity contribution < 1.29 is 14.8 Å². The molecule has 0 aromatic heterocycles. The minimum atomic E-state index is -0.388. The molecule has 4 N–H and O–H groups in total. The van der Waals surface area contributed by atoms with Gasteiger partial charge in [0, 0.05) is 36.3 Å². The van der Waals surface area contributed by atoms with E-state index < -0.39 is 0 Å². The van der Waals surface area contributed by atoms with Crippen LogP contribution in [0.1, 0.15) is 39.5 Å². The van der Waals surface area contributed by atoms with E-state index in [9.17, 15) is 9.59 Å². The predicted molar refractivity (Wildman–Crippen MR) is 112 cm³/mol. The Bertz CT molecular complexity index is 537. The summed E-state index contributed by atoms with van der Waals surface area (Å²) in [7, 11) is 0. The van der Waals surface area contributed by atoms with Gasteiger partial charge in [0.05, 0.1) is 0 Å². The van der Waals surface area contributed by atoms with Crippen LogP contribution in [0.5, 0.6) is 0 Å². The molecule has 0 fully saturated rings. The monoisotopic (exact) mass is 397 g/mol. The molecule has 0 aliphatic heterocycles. The summed E-state index contributed by atoms with van der Waals surface area (Å²) in [5, 5.41) is 15.0. The van der Waals surface area contributed by atoms with Gasteiger partial charge in [-0.05, 0) is 38.8 Å². The van der Waals surface area contributed by atoms with Crippen molar-refractivity contribution in [2.75, 3.05) is 13.1 Å². The van der Waals surface area contributed by atoms with Gasteiger partial charge in [-0.3, -0.25) is 14.8 Å². The molecular formula is C20H32ClN3O3. The maximum atomic E-state index is 11.6. The number of nitrogens with one attached hydrogen (secondary N) is 3. The van der Waals surface area contributed by atoms with Gasteiger partial charge in [0.1, 0.15) is 0 Å². The van der Waals surface area contributed by atoms with Crippen molar-refractivity contribution in [3.05, 3.63) is 60.3 Å². The van der Waals surface area contributed by atoms with Crippen molar-refractivity contribution in [3.63, 3.8) is 0 Å². The van der Waals surface area contributed by atoms with Crippen molar-refractivity contribution in [1.82, 2.24) is 16.1 Å². The standard InChI is InChI=1S/C16H25N3O3.C4H7Cl/c1-3-8-14(17-12-4-2)10-11-15(20)18-13-7-5-6-9-16(21)19-22;1-3-4(2)5/h3-4,8,10-11,17,22H,1-2,5-7,9,12-13H2,(H,18,20)(H,19,21);3H,1-2H3/b11-10+,14-8-;4-3+. The first kappa shape index (κ1) is 26.9. The van der Waals surface area contributed by atoms with Crippen LogP contribution < -0.4 is 16.1 Å². The molecule has 0 rings (SSSR count). The summed E-state index contributed by atoms with van der Waals surface area (Å²) in [6.07, 6.45) is 12.6. The van der Waals surface area contributed by atoms with Crippen LogP contribution in [0, 0.1) is 0 Å². The van der Waals surface area contributed by atoms with Crippen LogP contribution in [-0.4, -0.2) is 30.1 Å². The first-order valence-corrected chi connectivity index (χ1v) is 9.13. The van der Waals surface area contributed by atoms with Crippen molar-refractivity contribution in [1.29, 1.82) is 0 Å². The molecule has 0 atom stereocenters. The predicted octanol–water partition coefficient (Wildman–Crippen LogP) is 3.72. The van der Waals surface area contributed by atoms with E-state index >= 15 is 0 Å². The van der Waals surface area contributed by atoms with Crippen LogP contribution in [0.4, 0.5) is 0 Å². The Labute approximate surface area is 167 Å². The number of allylic oxidation sites excluding steroid dienone is 5. The van der Waals surface area contributed by atoms with Gasteiger partial charge >= 0.3 is 0 Å². The molecule has 0 spiro atoms. The fourth-order valence-corrected chi connectivity index (χ4v) is 1.57. The smallest absolute Gasteiger partial charge is 0.244 e. The number of hydroxylamine groups is 1. The number of unbranched alkanes of at least 4 members (excludes halogenated alkanes) is 2. The molecule has 0 aliphatic rings. The summed E-state index contributed by atoms with van der Waals surface area (Å²) in [4.78, 5) is 22.4. The van der Waals surface area contributed by atoms with Gasteiger partial charge in [-0.25, -0.2) is 5.48 Å². The highest BCUT2D eigenvalue weighted by molar-refractivity contribution is 6.29. The van der Waals surface area contributed by atoms with Crippen molar-refractivity contribution in [3.8, 4) is 0 Å². The second-order valence-corrected chi connectivity index (χ2v) is 5.97. The number of halogens is 1.